The highest BCUT2D eigenvalue weighted by atomic mass is 79.9. The van der Waals surface area contributed by atoms with E-state index in [1.54, 1.807) is 11.3 Å². The number of hydrogen-bond donors (Lipinski definition) is 1. The monoisotopic (exact) mass is 364 g/mol. The van der Waals surface area contributed by atoms with Crippen molar-refractivity contribution < 1.29 is 5.11 Å². The molecule has 0 aliphatic heterocycles. The Kier molecular flexibility index (Phi) is 4.15. The molecule has 0 spiro atoms. The normalized spacial score (nSPS) is 13.0. The van der Waals surface area contributed by atoms with Crippen molar-refractivity contribution in [3.63, 3.8) is 0 Å². The van der Waals surface area contributed by atoms with Gasteiger partial charge in [-0.15, -0.1) is 11.3 Å². The van der Waals surface area contributed by atoms with Crippen LogP contribution in [0.3, 0.4) is 0 Å². The van der Waals surface area contributed by atoms with Crippen molar-refractivity contribution in [3.05, 3.63) is 50.3 Å². The smallest absolute Gasteiger partial charge is 0.0938 e. The van der Waals surface area contributed by atoms with E-state index in [4.69, 9.17) is 0 Å². The van der Waals surface area contributed by atoms with Gasteiger partial charge >= 0.3 is 0 Å². The standard InChI is InChI=1S/C16H17BrN2OS/c1-3-19-14-7-5-4-6-11(14)13(18-19)9-15(20)16-8-12(17)10(2)21-16/h4-8,15,20H,3,9H2,1-2H3. The second-order valence-corrected chi connectivity index (χ2v) is 7.19. The Hall–Kier alpha value is -1.17. The van der Waals surface area contributed by atoms with Crippen LogP contribution in [-0.4, -0.2) is 14.9 Å². The van der Waals surface area contributed by atoms with Crippen molar-refractivity contribution in [2.45, 2.75) is 32.9 Å². The van der Waals surface area contributed by atoms with Crippen molar-refractivity contribution in [1.29, 1.82) is 0 Å². The Morgan fingerprint density at radius 1 is 1.38 bits per heavy atom. The number of aliphatic hydroxyl groups is 1. The quantitative estimate of drug-likeness (QED) is 0.741. The molecule has 110 valence electrons. The molecule has 0 aliphatic carbocycles. The first-order valence-electron chi connectivity index (χ1n) is 6.98. The van der Waals surface area contributed by atoms with E-state index in [1.807, 2.05) is 29.8 Å². The van der Waals surface area contributed by atoms with E-state index in [2.05, 4.69) is 40.1 Å². The predicted octanol–water partition coefficient (Wildman–Crippen LogP) is 4.46. The molecule has 0 saturated heterocycles. The first-order chi connectivity index (χ1) is 10.1. The lowest BCUT2D eigenvalue weighted by atomic mass is 10.1. The van der Waals surface area contributed by atoms with Gasteiger partial charge in [0, 0.05) is 32.6 Å². The largest absolute Gasteiger partial charge is 0.387 e. The minimum Gasteiger partial charge on any atom is -0.387 e. The number of para-hydroxylation sites is 1. The third-order valence-electron chi connectivity index (χ3n) is 3.63. The van der Waals surface area contributed by atoms with Gasteiger partial charge in [-0.25, -0.2) is 0 Å². The first kappa shape index (κ1) is 14.8. The van der Waals surface area contributed by atoms with Crippen molar-refractivity contribution in [2.75, 3.05) is 0 Å². The number of aryl methyl sites for hydroxylation is 2. The minimum absolute atomic E-state index is 0.511. The van der Waals surface area contributed by atoms with Crippen molar-refractivity contribution in [1.82, 2.24) is 9.78 Å². The molecule has 3 nitrogen and oxygen atoms in total. The number of fused-ring (bicyclic) bond motifs is 1. The van der Waals surface area contributed by atoms with E-state index < -0.39 is 6.10 Å². The summed E-state index contributed by atoms with van der Waals surface area (Å²) in [5.41, 5.74) is 2.09. The molecule has 3 rings (SSSR count). The van der Waals surface area contributed by atoms with E-state index >= 15 is 0 Å². The number of aliphatic hydroxyl groups excluding tert-OH is 1. The van der Waals surface area contributed by atoms with Crippen LogP contribution in [0.15, 0.2) is 34.8 Å². The lowest BCUT2D eigenvalue weighted by Gasteiger charge is -2.06. The average molecular weight is 365 g/mol. The van der Waals surface area contributed by atoms with Crippen LogP contribution in [0.2, 0.25) is 0 Å². The molecule has 0 fully saturated rings. The van der Waals surface area contributed by atoms with Gasteiger partial charge in [0.25, 0.3) is 0 Å². The molecule has 0 saturated carbocycles. The van der Waals surface area contributed by atoms with Crippen LogP contribution in [0.4, 0.5) is 0 Å². The van der Waals surface area contributed by atoms with Gasteiger partial charge in [-0.3, -0.25) is 4.68 Å². The fourth-order valence-corrected chi connectivity index (χ4v) is 4.06. The van der Waals surface area contributed by atoms with Gasteiger partial charge in [-0.05, 0) is 41.9 Å². The van der Waals surface area contributed by atoms with Crippen molar-refractivity contribution in [3.8, 4) is 0 Å². The zero-order valence-corrected chi connectivity index (χ0v) is 14.4. The fourth-order valence-electron chi connectivity index (χ4n) is 2.52. The molecule has 0 bridgehead atoms. The van der Waals surface area contributed by atoms with E-state index in [0.29, 0.717) is 6.42 Å². The Morgan fingerprint density at radius 3 is 2.81 bits per heavy atom. The summed E-state index contributed by atoms with van der Waals surface area (Å²) >= 11 is 5.13. The van der Waals surface area contributed by atoms with Gasteiger partial charge in [-0.1, -0.05) is 18.2 Å². The Labute approximate surface area is 136 Å². The van der Waals surface area contributed by atoms with Gasteiger partial charge in [0.1, 0.15) is 0 Å². The van der Waals surface area contributed by atoms with Crippen LogP contribution in [0.5, 0.6) is 0 Å². The molecular weight excluding hydrogens is 348 g/mol. The van der Waals surface area contributed by atoms with Crippen LogP contribution >= 0.6 is 27.3 Å². The number of benzene rings is 1. The predicted molar refractivity (Wildman–Crippen MR) is 90.8 cm³/mol. The van der Waals surface area contributed by atoms with Crippen LogP contribution in [0, 0.1) is 6.92 Å². The number of hydrogen-bond acceptors (Lipinski definition) is 3. The molecule has 1 atom stereocenters. The van der Waals surface area contributed by atoms with Gasteiger partial charge in [-0.2, -0.15) is 5.10 Å². The molecular formula is C16H17BrN2OS. The number of thiophene rings is 1. The molecule has 21 heavy (non-hydrogen) atoms. The van der Waals surface area contributed by atoms with E-state index in [9.17, 15) is 5.11 Å². The van der Waals surface area contributed by atoms with E-state index in [-0.39, 0.29) is 0 Å². The van der Waals surface area contributed by atoms with Gasteiger partial charge in [0.15, 0.2) is 0 Å². The van der Waals surface area contributed by atoms with E-state index in [0.717, 1.165) is 32.5 Å². The fraction of sp³-hybridized carbons (Fsp3) is 0.312. The number of aromatic nitrogens is 2. The summed E-state index contributed by atoms with van der Waals surface area (Å²) in [4.78, 5) is 2.17. The van der Waals surface area contributed by atoms with Gasteiger partial charge in [0.05, 0.1) is 17.3 Å². The molecule has 1 N–H and O–H groups in total. The van der Waals surface area contributed by atoms with Crippen LogP contribution < -0.4 is 0 Å². The number of rotatable bonds is 4. The second kappa shape index (κ2) is 5.91. The summed E-state index contributed by atoms with van der Waals surface area (Å²) in [7, 11) is 0. The topological polar surface area (TPSA) is 38.0 Å². The Bertz CT molecular complexity index is 758. The number of nitrogens with zero attached hydrogens (tertiary/aromatic N) is 2. The van der Waals surface area contributed by atoms with Crippen LogP contribution in [0.1, 0.15) is 28.5 Å². The summed E-state index contributed by atoms with van der Waals surface area (Å²) in [6.07, 6.45) is 0.0310. The van der Waals surface area contributed by atoms with Crippen LogP contribution in [0.25, 0.3) is 10.9 Å². The highest BCUT2D eigenvalue weighted by Crippen LogP contribution is 2.33. The second-order valence-electron chi connectivity index (χ2n) is 5.05. The minimum atomic E-state index is -0.511. The zero-order valence-electron chi connectivity index (χ0n) is 12.0. The summed E-state index contributed by atoms with van der Waals surface area (Å²) in [5.74, 6) is 0. The van der Waals surface area contributed by atoms with Crippen molar-refractivity contribution >= 4 is 38.2 Å². The molecule has 2 heterocycles. The first-order valence-corrected chi connectivity index (χ1v) is 8.59. The third-order valence-corrected chi connectivity index (χ3v) is 5.86. The van der Waals surface area contributed by atoms with E-state index in [1.165, 1.54) is 4.88 Å². The summed E-state index contributed by atoms with van der Waals surface area (Å²) in [5, 5.41) is 16.3. The molecule has 0 radical (unpaired) electrons. The maximum atomic E-state index is 10.5. The molecule has 0 amide bonds. The highest BCUT2D eigenvalue weighted by molar-refractivity contribution is 9.10. The molecule has 1 aromatic carbocycles. The molecule has 3 aromatic rings. The summed E-state index contributed by atoms with van der Waals surface area (Å²) in [6, 6.07) is 10.2. The third kappa shape index (κ3) is 2.78. The lowest BCUT2D eigenvalue weighted by Crippen LogP contribution is -2.02. The number of halogens is 1. The van der Waals surface area contributed by atoms with Gasteiger partial charge < -0.3 is 5.11 Å². The molecule has 0 aliphatic rings. The zero-order chi connectivity index (χ0) is 15.0. The SMILES string of the molecule is CCn1nc(CC(O)c2cc(Br)c(C)s2)c2ccccc21. The molecule has 5 heteroatoms. The van der Waals surface area contributed by atoms with Crippen molar-refractivity contribution in [2.24, 2.45) is 0 Å². The molecule has 1 unspecified atom stereocenters. The maximum absolute atomic E-state index is 10.5. The summed E-state index contributed by atoms with van der Waals surface area (Å²) < 4.78 is 3.05. The van der Waals surface area contributed by atoms with Gasteiger partial charge in [0.2, 0.25) is 0 Å². The Balaban J connectivity index is 1.94. The maximum Gasteiger partial charge on any atom is 0.0938 e. The highest BCUT2D eigenvalue weighted by Gasteiger charge is 2.17. The Morgan fingerprint density at radius 2 is 2.14 bits per heavy atom. The average Bonchev–Trinajstić information content (AvgIpc) is 3.01. The molecule has 2 aromatic heterocycles. The summed E-state index contributed by atoms with van der Waals surface area (Å²) in [6.45, 7) is 4.96. The lowest BCUT2D eigenvalue weighted by molar-refractivity contribution is 0.181. The van der Waals surface area contributed by atoms with Crippen LogP contribution in [-0.2, 0) is 13.0 Å².